The average Bonchev–Trinajstić information content (AvgIpc) is 2.68. The molecule has 0 spiro atoms. The maximum absolute atomic E-state index is 13.7. The van der Waals surface area contributed by atoms with Crippen molar-refractivity contribution in [3.05, 3.63) is 74.0 Å². The van der Waals surface area contributed by atoms with Crippen LogP contribution in [0.25, 0.3) is 10.9 Å². The Hall–Kier alpha value is -2.77. The van der Waals surface area contributed by atoms with Gasteiger partial charge in [-0.05, 0) is 36.8 Å². The number of H-pyrrole nitrogens is 1. The third-order valence-electron chi connectivity index (χ3n) is 5.19. The Morgan fingerprint density at radius 1 is 1.28 bits per heavy atom. The minimum Gasteiger partial charge on any atom is -0.358 e. The normalized spacial score (nSPS) is 14.1. The second-order valence-corrected chi connectivity index (χ2v) is 7.55. The van der Waals surface area contributed by atoms with Crippen LogP contribution in [-0.4, -0.2) is 28.9 Å². The Balaban J connectivity index is 1.54. The minimum absolute atomic E-state index is 0.00657. The number of nitrogens with zero attached hydrogens (tertiary/aromatic N) is 1. The molecule has 5 nitrogen and oxygen atoms in total. The number of amides is 1. The van der Waals surface area contributed by atoms with Crippen LogP contribution >= 0.6 is 11.6 Å². The summed E-state index contributed by atoms with van der Waals surface area (Å²) in [4.78, 5) is 30.4. The van der Waals surface area contributed by atoms with Crippen LogP contribution in [0.2, 0.25) is 5.02 Å². The summed E-state index contributed by atoms with van der Waals surface area (Å²) in [6.07, 6.45) is 0.574. The topological polar surface area (TPSA) is 65.2 Å². The van der Waals surface area contributed by atoms with Crippen molar-refractivity contribution in [1.29, 1.82) is 0 Å². The summed E-state index contributed by atoms with van der Waals surface area (Å²) < 4.78 is 26.7. The van der Waals surface area contributed by atoms with E-state index in [0.717, 1.165) is 22.8 Å². The Morgan fingerprint density at radius 2 is 2.07 bits per heavy atom. The molecule has 1 aliphatic rings. The minimum atomic E-state index is -0.834. The second-order valence-electron chi connectivity index (χ2n) is 7.14. The molecule has 3 aromatic rings. The Labute approximate surface area is 170 Å². The first kappa shape index (κ1) is 19.5. The quantitative estimate of drug-likeness (QED) is 0.682. The van der Waals surface area contributed by atoms with Crippen molar-refractivity contribution in [1.82, 2.24) is 9.88 Å². The first-order valence-corrected chi connectivity index (χ1v) is 9.51. The molecule has 1 amide bonds. The van der Waals surface area contributed by atoms with E-state index in [4.69, 9.17) is 11.6 Å². The largest absolute Gasteiger partial charge is 0.358 e. The van der Waals surface area contributed by atoms with E-state index in [1.54, 1.807) is 12.1 Å². The zero-order chi connectivity index (χ0) is 20.7. The smallest absolute Gasteiger partial charge is 0.238 e. The van der Waals surface area contributed by atoms with Gasteiger partial charge in [0.05, 0.1) is 17.7 Å². The van der Waals surface area contributed by atoms with Crippen LogP contribution in [0, 0.1) is 18.6 Å². The van der Waals surface area contributed by atoms with E-state index in [-0.39, 0.29) is 17.7 Å². The van der Waals surface area contributed by atoms with Crippen molar-refractivity contribution >= 4 is 34.1 Å². The van der Waals surface area contributed by atoms with Gasteiger partial charge in [-0.15, -0.1) is 0 Å². The lowest BCUT2D eigenvalue weighted by Crippen LogP contribution is -2.39. The fourth-order valence-electron chi connectivity index (χ4n) is 3.63. The summed E-state index contributed by atoms with van der Waals surface area (Å²) >= 11 is 6.17. The van der Waals surface area contributed by atoms with Crippen molar-refractivity contribution in [2.24, 2.45) is 0 Å². The standard InChI is InChI=1S/C21H18ClF2N3O2/c1-11-15(22)4-3-13-20(11)26-17-6-7-27(9-14(17)21(13)29)10-19(28)25-18-5-2-12(23)8-16(18)24/h2-5,8H,6-7,9-10H2,1H3,(H,25,28)(H,26,29). The van der Waals surface area contributed by atoms with Crippen LogP contribution in [0.3, 0.4) is 0 Å². The number of anilines is 1. The van der Waals surface area contributed by atoms with Gasteiger partial charge < -0.3 is 10.3 Å². The van der Waals surface area contributed by atoms with Crippen LogP contribution in [0.4, 0.5) is 14.5 Å². The van der Waals surface area contributed by atoms with Gasteiger partial charge in [-0.25, -0.2) is 8.78 Å². The van der Waals surface area contributed by atoms with E-state index in [9.17, 15) is 18.4 Å². The lowest BCUT2D eigenvalue weighted by Gasteiger charge is -2.28. The summed E-state index contributed by atoms with van der Waals surface area (Å²) in [7, 11) is 0. The summed E-state index contributed by atoms with van der Waals surface area (Å²) in [5.41, 5.74) is 2.86. The Morgan fingerprint density at radius 3 is 2.83 bits per heavy atom. The molecule has 2 heterocycles. The van der Waals surface area contributed by atoms with Crippen LogP contribution < -0.4 is 10.7 Å². The fourth-order valence-corrected chi connectivity index (χ4v) is 3.79. The number of aryl methyl sites for hydroxylation is 1. The highest BCUT2D eigenvalue weighted by Crippen LogP contribution is 2.25. The molecule has 0 fully saturated rings. The van der Waals surface area contributed by atoms with Crippen LogP contribution in [0.5, 0.6) is 0 Å². The van der Waals surface area contributed by atoms with Gasteiger partial charge in [0.15, 0.2) is 5.43 Å². The first-order valence-electron chi connectivity index (χ1n) is 9.13. The van der Waals surface area contributed by atoms with Crippen molar-refractivity contribution in [3.8, 4) is 0 Å². The van der Waals surface area contributed by atoms with Crippen LogP contribution in [0.15, 0.2) is 35.1 Å². The number of carbonyl (C=O) groups is 1. The van der Waals surface area contributed by atoms with Crippen LogP contribution in [-0.2, 0) is 17.8 Å². The molecule has 0 saturated carbocycles. The predicted molar refractivity (Wildman–Crippen MR) is 108 cm³/mol. The number of halogens is 3. The third kappa shape index (κ3) is 3.75. The van der Waals surface area contributed by atoms with Gasteiger partial charge in [-0.1, -0.05) is 11.6 Å². The predicted octanol–water partition coefficient (Wildman–Crippen LogP) is 3.76. The Bertz CT molecular complexity index is 1190. The lowest BCUT2D eigenvalue weighted by molar-refractivity contribution is -0.117. The van der Waals surface area contributed by atoms with Gasteiger partial charge in [0.25, 0.3) is 0 Å². The van der Waals surface area contributed by atoms with Crippen LogP contribution in [0.1, 0.15) is 16.8 Å². The number of fused-ring (bicyclic) bond motifs is 2. The van der Waals surface area contributed by atoms with Crippen molar-refractivity contribution < 1.29 is 13.6 Å². The lowest BCUT2D eigenvalue weighted by atomic mass is 10.0. The molecule has 4 rings (SSSR count). The summed E-state index contributed by atoms with van der Waals surface area (Å²) in [5, 5.41) is 3.60. The SMILES string of the molecule is Cc1c(Cl)ccc2c(=O)c3c([nH]c12)CCN(CC(=O)Nc1ccc(F)cc1F)C3. The maximum Gasteiger partial charge on any atom is 0.238 e. The number of nitrogens with one attached hydrogen (secondary N) is 2. The number of rotatable bonds is 3. The van der Waals surface area contributed by atoms with E-state index in [1.807, 2.05) is 11.8 Å². The molecule has 0 saturated heterocycles. The summed E-state index contributed by atoms with van der Waals surface area (Å²) in [6.45, 7) is 2.73. The van der Waals surface area contributed by atoms with E-state index in [1.165, 1.54) is 6.07 Å². The zero-order valence-electron chi connectivity index (χ0n) is 15.6. The molecule has 29 heavy (non-hydrogen) atoms. The van der Waals surface area contributed by atoms with Gasteiger partial charge in [-0.2, -0.15) is 0 Å². The molecule has 8 heteroatoms. The first-order chi connectivity index (χ1) is 13.8. The summed E-state index contributed by atoms with van der Waals surface area (Å²) in [5.74, 6) is -1.98. The fraction of sp³-hybridized carbons (Fsp3) is 0.238. The molecule has 2 N–H and O–H groups in total. The molecule has 0 bridgehead atoms. The highest BCUT2D eigenvalue weighted by Gasteiger charge is 2.23. The molecule has 0 unspecified atom stereocenters. The molecule has 0 aliphatic carbocycles. The highest BCUT2D eigenvalue weighted by molar-refractivity contribution is 6.32. The number of benzene rings is 2. The Kier molecular flexibility index (Phi) is 5.10. The average molecular weight is 418 g/mol. The van der Waals surface area contributed by atoms with Gasteiger partial charge in [-0.3, -0.25) is 14.5 Å². The molecule has 0 atom stereocenters. The molecule has 150 valence electrons. The molecule has 2 aromatic carbocycles. The highest BCUT2D eigenvalue weighted by atomic mass is 35.5. The molecule has 1 aromatic heterocycles. The van der Waals surface area contributed by atoms with E-state index < -0.39 is 17.5 Å². The van der Waals surface area contributed by atoms with Gasteiger partial charge in [0, 0.05) is 47.2 Å². The number of aromatic nitrogens is 1. The van der Waals surface area contributed by atoms with Crippen molar-refractivity contribution in [3.63, 3.8) is 0 Å². The number of hydrogen-bond donors (Lipinski definition) is 2. The second kappa shape index (κ2) is 7.57. The molecular formula is C21H18ClF2N3O2. The van der Waals surface area contributed by atoms with Gasteiger partial charge >= 0.3 is 0 Å². The zero-order valence-corrected chi connectivity index (χ0v) is 16.4. The maximum atomic E-state index is 13.7. The summed E-state index contributed by atoms with van der Waals surface area (Å²) in [6, 6.07) is 6.37. The van der Waals surface area contributed by atoms with Crippen molar-refractivity contribution in [2.75, 3.05) is 18.4 Å². The number of pyridine rings is 1. The monoisotopic (exact) mass is 417 g/mol. The van der Waals surface area contributed by atoms with E-state index >= 15 is 0 Å². The number of aromatic amines is 1. The van der Waals surface area contributed by atoms with Crippen molar-refractivity contribution in [2.45, 2.75) is 19.9 Å². The third-order valence-corrected chi connectivity index (χ3v) is 5.60. The molecular weight excluding hydrogens is 400 g/mol. The van der Waals surface area contributed by atoms with Gasteiger partial charge in [0.2, 0.25) is 5.91 Å². The van der Waals surface area contributed by atoms with Gasteiger partial charge in [0.1, 0.15) is 11.6 Å². The number of hydrogen-bond acceptors (Lipinski definition) is 3. The number of carbonyl (C=O) groups excluding carboxylic acids is 1. The van der Waals surface area contributed by atoms with E-state index in [2.05, 4.69) is 10.3 Å². The molecule has 0 radical (unpaired) electrons. The van der Waals surface area contributed by atoms with E-state index in [0.29, 0.717) is 41.5 Å². The molecule has 1 aliphatic heterocycles.